The molecule has 3 heteroatoms. The van der Waals surface area contributed by atoms with Crippen molar-refractivity contribution in [3.05, 3.63) is 17.0 Å². The molecular weight excluding hydrogens is 162 g/mol. The Hall–Kier alpha value is -0.830. The third kappa shape index (κ3) is 1.37. The maximum atomic E-state index is 6.07. The molecule has 0 saturated carbocycles. The van der Waals surface area contributed by atoms with Crippen molar-refractivity contribution < 1.29 is 0 Å². The monoisotopic (exact) mass is 179 g/mol. The molecule has 0 amide bonds. The zero-order valence-corrected chi connectivity index (χ0v) is 8.30. The van der Waals surface area contributed by atoms with Crippen molar-refractivity contribution >= 4 is 0 Å². The van der Waals surface area contributed by atoms with Crippen molar-refractivity contribution in [2.75, 3.05) is 0 Å². The van der Waals surface area contributed by atoms with Gasteiger partial charge in [0, 0.05) is 17.3 Å². The summed E-state index contributed by atoms with van der Waals surface area (Å²) in [6.45, 7) is 4.33. The van der Waals surface area contributed by atoms with E-state index in [2.05, 4.69) is 24.0 Å². The van der Waals surface area contributed by atoms with Gasteiger partial charge in [-0.2, -0.15) is 5.10 Å². The molecule has 3 nitrogen and oxygen atoms in total. The lowest BCUT2D eigenvalue weighted by Gasteiger charge is -2.19. The predicted molar refractivity (Wildman–Crippen MR) is 52.5 cm³/mol. The fraction of sp³-hybridized carbons (Fsp3) is 0.700. The maximum absolute atomic E-state index is 6.07. The van der Waals surface area contributed by atoms with Crippen LogP contribution >= 0.6 is 0 Å². The second kappa shape index (κ2) is 3.14. The first kappa shape index (κ1) is 8.75. The minimum atomic E-state index is 0.208. The van der Waals surface area contributed by atoms with Gasteiger partial charge in [0.05, 0.1) is 5.69 Å². The fourth-order valence-corrected chi connectivity index (χ4v) is 2.09. The average molecular weight is 179 g/mol. The topological polar surface area (TPSA) is 54.7 Å². The van der Waals surface area contributed by atoms with Crippen LogP contribution in [0.1, 0.15) is 55.6 Å². The number of aryl methyl sites for hydroxylation is 1. The van der Waals surface area contributed by atoms with Gasteiger partial charge in [0.2, 0.25) is 0 Å². The minimum absolute atomic E-state index is 0.208. The Balaban J connectivity index is 2.44. The summed E-state index contributed by atoms with van der Waals surface area (Å²) in [5.41, 5.74) is 9.80. The molecule has 13 heavy (non-hydrogen) atoms. The Morgan fingerprint density at radius 3 is 3.00 bits per heavy atom. The Kier molecular flexibility index (Phi) is 2.12. The summed E-state index contributed by atoms with van der Waals surface area (Å²) in [7, 11) is 0. The molecular formula is C10H17N3. The van der Waals surface area contributed by atoms with Crippen LogP contribution in [0, 0.1) is 0 Å². The quantitative estimate of drug-likeness (QED) is 0.691. The molecule has 0 aromatic carbocycles. The summed E-state index contributed by atoms with van der Waals surface area (Å²) in [4.78, 5) is 0. The first-order chi connectivity index (χ1) is 6.20. The molecule has 0 spiro atoms. The maximum Gasteiger partial charge on any atom is 0.0698 e. The third-order valence-electron chi connectivity index (χ3n) is 2.77. The highest BCUT2D eigenvalue weighted by atomic mass is 15.1. The number of nitrogens with one attached hydrogen (secondary N) is 1. The SMILES string of the molecule is CC(C)c1n[nH]c2c1[C@H](N)CCC2. The van der Waals surface area contributed by atoms with Crippen molar-refractivity contribution in [2.45, 2.75) is 45.1 Å². The van der Waals surface area contributed by atoms with Crippen LogP contribution in [0.5, 0.6) is 0 Å². The van der Waals surface area contributed by atoms with Gasteiger partial charge in [-0.15, -0.1) is 0 Å². The highest BCUT2D eigenvalue weighted by molar-refractivity contribution is 5.32. The van der Waals surface area contributed by atoms with Crippen LogP contribution in [-0.4, -0.2) is 10.2 Å². The van der Waals surface area contributed by atoms with Crippen molar-refractivity contribution in [3.8, 4) is 0 Å². The average Bonchev–Trinajstić information content (AvgIpc) is 2.49. The number of nitrogens with zero attached hydrogens (tertiary/aromatic N) is 1. The number of nitrogens with two attached hydrogens (primary N) is 1. The van der Waals surface area contributed by atoms with E-state index in [1.54, 1.807) is 0 Å². The molecule has 0 radical (unpaired) electrons. The van der Waals surface area contributed by atoms with Crippen LogP contribution in [0.4, 0.5) is 0 Å². The van der Waals surface area contributed by atoms with E-state index >= 15 is 0 Å². The first-order valence-electron chi connectivity index (χ1n) is 5.02. The van der Waals surface area contributed by atoms with E-state index in [0.29, 0.717) is 5.92 Å². The van der Waals surface area contributed by atoms with Gasteiger partial charge in [-0.3, -0.25) is 5.10 Å². The highest BCUT2D eigenvalue weighted by Gasteiger charge is 2.24. The minimum Gasteiger partial charge on any atom is -0.324 e. The lowest BCUT2D eigenvalue weighted by molar-refractivity contribution is 0.560. The fourth-order valence-electron chi connectivity index (χ4n) is 2.09. The molecule has 3 N–H and O–H groups in total. The molecule has 0 bridgehead atoms. The van der Waals surface area contributed by atoms with E-state index in [1.165, 1.54) is 23.4 Å². The van der Waals surface area contributed by atoms with Gasteiger partial charge in [0.1, 0.15) is 0 Å². The van der Waals surface area contributed by atoms with Crippen molar-refractivity contribution in [1.82, 2.24) is 10.2 Å². The van der Waals surface area contributed by atoms with Crippen LogP contribution in [0.25, 0.3) is 0 Å². The van der Waals surface area contributed by atoms with E-state index in [1.807, 2.05) is 0 Å². The van der Waals surface area contributed by atoms with Crippen LogP contribution in [-0.2, 0) is 6.42 Å². The van der Waals surface area contributed by atoms with E-state index in [9.17, 15) is 0 Å². The summed E-state index contributed by atoms with van der Waals surface area (Å²) in [5.74, 6) is 0.476. The first-order valence-corrected chi connectivity index (χ1v) is 5.02. The number of rotatable bonds is 1. The second-order valence-corrected chi connectivity index (χ2v) is 4.15. The van der Waals surface area contributed by atoms with Gasteiger partial charge in [0.15, 0.2) is 0 Å². The zero-order chi connectivity index (χ0) is 9.42. The normalized spacial score (nSPS) is 22.0. The molecule has 1 aliphatic rings. The summed E-state index contributed by atoms with van der Waals surface area (Å²) < 4.78 is 0. The second-order valence-electron chi connectivity index (χ2n) is 4.15. The Morgan fingerprint density at radius 1 is 1.54 bits per heavy atom. The third-order valence-corrected chi connectivity index (χ3v) is 2.77. The number of hydrogen-bond donors (Lipinski definition) is 2. The van der Waals surface area contributed by atoms with E-state index < -0.39 is 0 Å². The predicted octanol–water partition coefficient (Wildman–Crippen LogP) is 1.87. The summed E-state index contributed by atoms with van der Waals surface area (Å²) >= 11 is 0. The number of H-pyrrole nitrogens is 1. The number of hydrogen-bond acceptors (Lipinski definition) is 2. The van der Waals surface area contributed by atoms with E-state index in [0.717, 1.165) is 12.8 Å². The molecule has 72 valence electrons. The smallest absolute Gasteiger partial charge is 0.0698 e. The van der Waals surface area contributed by atoms with Gasteiger partial charge in [-0.1, -0.05) is 13.8 Å². The van der Waals surface area contributed by atoms with Gasteiger partial charge in [-0.25, -0.2) is 0 Å². The highest BCUT2D eigenvalue weighted by Crippen LogP contribution is 2.32. The van der Waals surface area contributed by atoms with Gasteiger partial charge < -0.3 is 5.73 Å². The zero-order valence-electron chi connectivity index (χ0n) is 8.30. The van der Waals surface area contributed by atoms with Crippen LogP contribution in [0.2, 0.25) is 0 Å². The summed E-state index contributed by atoms with van der Waals surface area (Å²) in [6.07, 6.45) is 3.41. The Labute approximate surface area is 78.7 Å². The molecule has 0 aliphatic heterocycles. The molecule has 0 fully saturated rings. The lowest BCUT2D eigenvalue weighted by Crippen LogP contribution is -2.18. The van der Waals surface area contributed by atoms with Gasteiger partial charge in [-0.05, 0) is 25.2 Å². The summed E-state index contributed by atoms with van der Waals surface area (Å²) in [5, 5.41) is 7.45. The van der Waals surface area contributed by atoms with Crippen LogP contribution in [0.3, 0.4) is 0 Å². The van der Waals surface area contributed by atoms with Crippen molar-refractivity contribution in [2.24, 2.45) is 5.73 Å². The van der Waals surface area contributed by atoms with Gasteiger partial charge in [0.25, 0.3) is 0 Å². The Bertz CT molecular complexity index is 301. The molecule has 1 heterocycles. The molecule has 1 atom stereocenters. The lowest BCUT2D eigenvalue weighted by atomic mass is 9.89. The standard InChI is InChI=1S/C10H17N3/c1-6(2)10-9-7(11)4-3-5-8(9)12-13-10/h6-7H,3-5,11H2,1-2H3,(H,12,13)/t7-/m1/s1. The van der Waals surface area contributed by atoms with E-state index in [4.69, 9.17) is 5.73 Å². The number of aromatic nitrogens is 2. The van der Waals surface area contributed by atoms with E-state index in [-0.39, 0.29) is 6.04 Å². The molecule has 1 aromatic heterocycles. The molecule has 1 aliphatic carbocycles. The number of aromatic amines is 1. The number of fused-ring (bicyclic) bond motifs is 1. The molecule has 0 saturated heterocycles. The largest absolute Gasteiger partial charge is 0.324 e. The van der Waals surface area contributed by atoms with Gasteiger partial charge >= 0.3 is 0 Å². The molecule has 2 rings (SSSR count). The molecule has 0 unspecified atom stereocenters. The summed E-state index contributed by atoms with van der Waals surface area (Å²) in [6, 6.07) is 0.208. The van der Waals surface area contributed by atoms with Crippen molar-refractivity contribution in [3.63, 3.8) is 0 Å². The van der Waals surface area contributed by atoms with Crippen LogP contribution in [0.15, 0.2) is 0 Å². The van der Waals surface area contributed by atoms with Crippen molar-refractivity contribution in [1.29, 1.82) is 0 Å². The molecule has 1 aromatic rings. The van der Waals surface area contributed by atoms with Crippen LogP contribution < -0.4 is 5.73 Å². The Morgan fingerprint density at radius 2 is 2.31 bits per heavy atom.